The van der Waals surface area contributed by atoms with Gasteiger partial charge in [-0.05, 0) is 25.0 Å². The average Bonchev–Trinajstić information content (AvgIpc) is 3.57. The lowest BCUT2D eigenvalue weighted by Gasteiger charge is -2.29. The molecule has 0 spiro atoms. The molecule has 1 fully saturated rings. The molecule has 0 atom stereocenters. The van der Waals surface area contributed by atoms with Crippen LogP contribution in [0.25, 0.3) is 10.2 Å². The van der Waals surface area contributed by atoms with Crippen LogP contribution in [0.5, 0.6) is 11.5 Å². The molecular formula is C21H20ClN3O7S3. The van der Waals surface area contributed by atoms with Gasteiger partial charge in [-0.25, -0.2) is 8.42 Å². The van der Waals surface area contributed by atoms with Crippen LogP contribution in [0.4, 0.5) is 0 Å². The summed E-state index contributed by atoms with van der Waals surface area (Å²) in [5.41, 5.74) is 0.673. The third kappa shape index (κ3) is 4.70. The maximum Gasteiger partial charge on any atom is 0.325 e. The van der Waals surface area contributed by atoms with Crippen LogP contribution >= 0.6 is 34.3 Å². The van der Waals surface area contributed by atoms with Gasteiger partial charge in [-0.2, -0.15) is 9.30 Å². The van der Waals surface area contributed by atoms with Crippen LogP contribution in [0.1, 0.15) is 12.8 Å². The van der Waals surface area contributed by atoms with Crippen molar-refractivity contribution in [1.29, 1.82) is 0 Å². The minimum atomic E-state index is -3.65. The lowest BCUT2D eigenvalue weighted by Crippen LogP contribution is -2.40. The Morgan fingerprint density at radius 1 is 1.17 bits per heavy atom. The molecule has 35 heavy (non-hydrogen) atoms. The molecule has 186 valence electrons. The van der Waals surface area contributed by atoms with Gasteiger partial charge < -0.3 is 18.8 Å². The van der Waals surface area contributed by atoms with E-state index in [0.717, 1.165) is 16.0 Å². The molecule has 0 saturated carbocycles. The van der Waals surface area contributed by atoms with Gasteiger partial charge in [0.25, 0.3) is 15.9 Å². The van der Waals surface area contributed by atoms with Crippen LogP contribution < -0.4 is 14.3 Å². The van der Waals surface area contributed by atoms with Crippen molar-refractivity contribution in [2.75, 3.05) is 27.0 Å². The van der Waals surface area contributed by atoms with E-state index in [9.17, 15) is 18.0 Å². The third-order valence-electron chi connectivity index (χ3n) is 5.84. The summed E-state index contributed by atoms with van der Waals surface area (Å²) in [6, 6.07) is 6.58. The summed E-state index contributed by atoms with van der Waals surface area (Å²) in [5.74, 6) is -0.133. The number of carbonyl (C=O) groups is 2. The minimum Gasteiger partial charge on any atom is -0.468 e. The standard InChI is InChI=1S/C21H20ClN3O7S3/c1-30-18(26)10-25-13-8-14-15(32-11-31-14)9-16(13)33-21(25)23-20(27)12-4-6-24(7-5-12)35(28,29)19-3-2-17(22)34-19/h2-3,8-9,12H,4-7,10-11H2,1H3. The summed E-state index contributed by atoms with van der Waals surface area (Å²) in [6.07, 6.45) is 0.692. The van der Waals surface area contributed by atoms with E-state index in [1.807, 2.05) is 0 Å². The van der Waals surface area contributed by atoms with Gasteiger partial charge in [0.2, 0.25) is 6.79 Å². The Bertz CT molecular complexity index is 1480. The van der Waals surface area contributed by atoms with Crippen molar-refractivity contribution in [3.63, 3.8) is 0 Å². The largest absolute Gasteiger partial charge is 0.468 e. The Morgan fingerprint density at radius 3 is 2.54 bits per heavy atom. The zero-order valence-corrected chi connectivity index (χ0v) is 21.6. The lowest BCUT2D eigenvalue weighted by atomic mass is 9.98. The topological polar surface area (TPSA) is 116 Å². The molecular weight excluding hydrogens is 538 g/mol. The number of carbonyl (C=O) groups excluding carboxylic acids is 2. The number of methoxy groups -OCH3 is 1. The minimum absolute atomic E-state index is 0.118. The Hall–Kier alpha value is -2.45. The Morgan fingerprint density at radius 2 is 1.89 bits per heavy atom. The van der Waals surface area contributed by atoms with Gasteiger partial charge in [0.15, 0.2) is 16.3 Å². The number of thiazole rings is 1. The molecule has 4 heterocycles. The molecule has 0 bridgehead atoms. The van der Waals surface area contributed by atoms with E-state index in [0.29, 0.717) is 39.0 Å². The zero-order chi connectivity index (χ0) is 24.7. The third-order valence-corrected chi connectivity index (χ3v) is 10.5. The summed E-state index contributed by atoms with van der Waals surface area (Å²) < 4.78 is 45.7. The fourth-order valence-corrected chi connectivity index (χ4v) is 8.14. The maximum absolute atomic E-state index is 13.1. The fraction of sp³-hybridized carbons (Fsp3) is 0.381. The number of benzene rings is 1. The van der Waals surface area contributed by atoms with Crippen molar-refractivity contribution in [2.45, 2.75) is 23.6 Å². The molecule has 2 aliphatic heterocycles. The van der Waals surface area contributed by atoms with E-state index in [1.165, 1.54) is 28.8 Å². The van der Waals surface area contributed by atoms with Crippen molar-refractivity contribution in [2.24, 2.45) is 10.9 Å². The number of hydrogen-bond donors (Lipinski definition) is 0. The summed E-state index contributed by atoms with van der Waals surface area (Å²) in [6.45, 7) is 0.412. The molecule has 1 aromatic carbocycles. The summed E-state index contributed by atoms with van der Waals surface area (Å²) in [4.78, 5) is 29.8. The van der Waals surface area contributed by atoms with E-state index in [2.05, 4.69) is 4.99 Å². The molecule has 5 rings (SSSR count). The zero-order valence-electron chi connectivity index (χ0n) is 18.4. The monoisotopic (exact) mass is 557 g/mol. The number of thiophene rings is 1. The highest BCUT2D eigenvalue weighted by Gasteiger charge is 2.33. The van der Waals surface area contributed by atoms with E-state index in [-0.39, 0.29) is 36.5 Å². The summed E-state index contributed by atoms with van der Waals surface area (Å²) in [7, 11) is -2.35. The molecule has 0 unspecified atom stereocenters. The lowest BCUT2D eigenvalue weighted by molar-refractivity contribution is -0.141. The predicted octanol–water partition coefficient (Wildman–Crippen LogP) is 2.85. The number of piperidine rings is 1. The van der Waals surface area contributed by atoms with Crippen LogP contribution in [-0.2, 0) is 30.9 Å². The number of aromatic nitrogens is 1. The molecule has 0 N–H and O–H groups in total. The molecule has 14 heteroatoms. The predicted molar refractivity (Wildman–Crippen MR) is 129 cm³/mol. The van der Waals surface area contributed by atoms with Crippen molar-refractivity contribution < 1.29 is 32.2 Å². The molecule has 1 saturated heterocycles. The van der Waals surface area contributed by atoms with Crippen molar-refractivity contribution in [3.8, 4) is 11.5 Å². The molecule has 1 amide bonds. The number of sulfonamides is 1. The highest BCUT2D eigenvalue weighted by molar-refractivity contribution is 7.91. The Labute approximate surface area is 213 Å². The van der Waals surface area contributed by atoms with Crippen LogP contribution in [0.15, 0.2) is 33.5 Å². The molecule has 0 radical (unpaired) electrons. The van der Waals surface area contributed by atoms with Crippen LogP contribution in [-0.4, -0.2) is 56.2 Å². The summed E-state index contributed by atoms with van der Waals surface area (Å²) in [5, 5.41) is 0. The van der Waals surface area contributed by atoms with Crippen molar-refractivity contribution in [3.05, 3.63) is 33.4 Å². The molecule has 10 nitrogen and oxygen atoms in total. The van der Waals surface area contributed by atoms with Crippen LogP contribution in [0.2, 0.25) is 4.34 Å². The fourth-order valence-electron chi connectivity index (χ4n) is 3.98. The normalized spacial score (nSPS) is 17.3. The van der Waals surface area contributed by atoms with Gasteiger partial charge in [0.1, 0.15) is 10.8 Å². The Balaban J connectivity index is 1.39. The van der Waals surface area contributed by atoms with E-state index in [1.54, 1.807) is 22.8 Å². The number of nitrogens with zero attached hydrogens (tertiary/aromatic N) is 3. The van der Waals surface area contributed by atoms with Crippen LogP contribution in [0, 0.1) is 5.92 Å². The number of amides is 1. The first-order valence-corrected chi connectivity index (χ1v) is 14.0. The molecule has 2 aliphatic rings. The second-order valence-corrected chi connectivity index (χ2v) is 12.8. The van der Waals surface area contributed by atoms with Gasteiger partial charge in [0.05, 0.1) is 21.7 Å². The highest BCUT2D eigenvalue weighted by atomic mass is 35.5. The maximum atomic E-state index is 13.1. The van der Waals surface area contributed by atoms with Crippen LogP contribution in [0.3, 0.4) is 0 Å². The van der Waals surface area contributed by atoms with Crippen molar-refractivity contribution >= 4 is 66.4 Å². The first kappa shape index (κ1) is 24.3. The second kappa shape index (κ2) is 9.54. The van der Waals surface area contributed by atoms with Gasteiger partial charge in [-0.1, -0.05) is 22.9 Å². The average molecular weight is 558 g/mol. The van der Waals surface area contributed by atoms with E-state index < -0.39 is 21.9 Å². The first-order chi connectivity index (χ1) is 16.8. The molecule has 0 aliphatic carbocycles. The van der Waals surface area contributed by atoms with Crippen molar-refractivity contribution in [1.82, 2.24) is 8.87 Å². The number of fused-ring (bicyclic) bond motifs is 2. The smallest absolute Gasteiger partial charge is 0.325 e. The SMILES string of the molecule is COC(=O)Cn1c(=NC(=O)C2CCN(S(=O)(=O)c3ccc(Cl)s3)CC2)sc2cc3c(cc21)OCO3. The van der Waals surface area contributed by atoms with Gasteiger partial charge >= 0.3 is 5.97 Å². The van der Waals surface area contributed by atoms with Gasteiger partial charge in [-0.3, -0.25) is 9.59 Å². The number of rotatable bonds is 5. The second-order valence-electron chi connectivity index (χ2n) is 7.91. The van der Waals surface area contributed by atoms with E-state index in [4.69, 9.17) is 25.8 Å². The number of esters is 1. The Kier molecular flexibility index (Phi) is 6.61. The van der Waals surface area contributed by atoms with E-state index >= 15 is 0 Å². The quantitative estimate of drug-likeness (QED) is 0.443. The highest BCUT2D eigenvalue weighted by Crippen LogP contribution is 2.37. The molecule has 2 aromatic heterocycles. The number of halogens is 1. The number of hydrogen-bond acceptors (Lipinski definition) is 9. The first-order valence-electron chi connectivity index (χ1n) is 10.6. The summed E-state index contributed by atoms with van der Waals surface area (Å²) >= 11 is 8.16. The van der Waals surface area contributed by atoms with Gasteiger partial charge in [0, 0.05) is 31.1 Å². The number of ether oxygens (including phenoxy) is 3. The van der Waals surface area contributed by atoms with Gasteiger partial charge in [-0.15, -0.1) is 11.3 Å². The molecule has 3 aromatic rings.